The zero-order valence-corrected chi connectivity index (χ0v) is 9.93. The molecule has 0 rings (SSSR count). The van der Waals surface area contributed by atoms with Crippen LogP contribution < -0.4 is 5.32 Å². The number of hydrogen-bond donors (Lipinski definition) is 3. The van der Waals surface area contributed by atoms with Crippen molar-refractivity contribution in [2.75, 3.05) is 20.2 Å². The van der Waals surface area contributed by atoms with Crippen LogP contribution in [0.1, 0.15) is 20.3 Å². The molecule has 3 N–H and O–H groups in total. The van der Waals surface area contributed by atoms with Gasteiger partial charge in [0.05, 0.1) is 6.61 Å². The van der Waals surface area contributed by atoms with E-state index in [0.717, 1.165) is 0 Å². The van der Waals surface area contributed by atoms with Gasteiger partial charge in [-0.05, 0) is 5.92 Å². The summed E-state index contributed by atoms with van der Waals surface area (Å²) in [4.78, 5) is 23.7. The second kappa shape index (κ2) is 7.05. The lowest BCUT2D eigenvalue weighted by atomic mass is 9.99. The number of nitrogens with one attached hydrogen (secondary N) is 1. The van der Waals surface area contributed by atoms with E-state index in [4.69, 9.17) is 10.2 Å². The largest absolute Gasteiger partial charge is 0.480 e. The first-order valence-electron chi connectivity index (χ1n) is 5.29. The molecule has 6 nitrogen and oxygen atoms in total. The molecule has 0 fully saturated rings. The second-order valence-electron chi connectivity index (χ2n) is 3.80. The molecule has 16 heavy (non-hydrogen) atoms. The van der Waals surface area contributed by atoms with Gasteiger partial charge in [0.1, 0.15) is 6.04 Å². The van der Waals surface area contributed by atoms with Crippen LogP contribution in [0.5, 0.6) is 0 Å². The maximum atomic E-state index is 11.5. The summed E-state index contributed by atoms with van der Waals surface area (Å²) in [6, 6.07) is -1.37. The minimum atomic E-state index is -1.04. The number of amides is 2. The van der Waals surface area contributed by atoms with Gasteiger partial charge in [-0.1, -0.05) is 20.3 Å². The van der Waals surface area contributed by atoms with Crippen LogP contribution in [0.25, 0.3) is 0 Å². The van der Waals surface area contributed by atoms with Crippen molar-refractivity contribution in [2.45, 2.75) is 26.3 Å². The first kappa shape index (κ1) is 14.7. The van der Waals surface area contributed by atoms with Gasteiger partial charge in [0.2, 0.25) is 0 Å². The van der Waals surface area contributed by atoms with Crippen LogP contribution in [0, 0.1) is 5.92 Å². The molecule has 94 valence electrons. The summed E-state index contributed by atoms with van der Waals surface area (Å²) in [5, 5.41) is 20.0. The number of aliphatic hydroxyl groups excluding tert-OH is 1. The van der Waals surface area contributed by atoms with Crippen molar-refractivity contribution in [3.8, 4) is 0 Å². The average molecular weight is 232 g/mol. The highest BCUT2D eigenvalue weighted by atomic mass is 16.4. The van der Waals surface area contributed by atoms with Crippen LogP contribution in [0.2, 0.25) is 0 Å². The third-order valence-corrected chi connectivity index (χ3v) is 2.54. The van der Waals surface area contributed by atoms with Gasteiger partial charge in [-0.2, -0.15) is 0 Å². The summed E-state index contributed by atoms with van der Waals surface area (Å²) in [7, 11) is 1.50. The number of aliphatic hydroxyl groups is 1. The molecule has 2 amide bonds. The molecule has 0 aliphatic rings. The lowest BCUT2D eigenvalue weighted by Crippen LogP contribution is -2.50. The van der Waals surface area contributed by atoms with Gasteiger partial charge in [0.15, 0.2) is 0 Å². The molecule has 2 atom stereocenters. The average Bonchev–Trinajstić information content (AvgIpc) is 2.24. The Balaban J connectivity index is 4.40. The number of carboxylic acid groups (broad SMARTS) is 1. The van der Waals surface area contributed by atoms with Gasteiger partial charge >= 0.3 is 12.0 Å². The monoisotopic (exact) mass is 232 g/mol. The highest BCUT2D eigenvalue weighted by molar-refractivity contribution is 5.82. The van der Waals surface area contributed by atoms with Gasteiger partial charge in [-0.15, -0.1) is 0 Å². The highest BCUT2D eigenvalue weighted by Gasteiger charge is 2.26. The lowest BCUT2D eigenvalue weighted by molar-refractivity contribution is -0.140. The van der Waals surface area contributed by atoms with Crippen molar-refractivity contribution in [2.24, 2.45) is 5.92 Å². The standard InChI is InChI=1S/C10H20N2O4/c1-4-7(2)8(9(14)15)11-10(16)12(3)5-6-13/h7-8,13H,4-6H2,1-3H3,(H,11,16)(H,14,15)/t7?,8-/m0/s1. The Hall–Kier alpha value is -1.30. The predicted octanol–water partition coefficient (Wildman–Crippen LogP) is 0.119. The zero-order chi connectivity index (χ0) is 12.7. The van der Waals surface area contributed by atoms with Gasteiger partial charge < -0.3 is 20.4 Å². The van der Waals surface area contributed by atoms with Crippen LogP contribution in [0.3, 0.4) is 0 Å². The molecular weight excluding hydrogens is 212 g/mol. The van der Waals surface area contributed by atoms with Crippen LogP contribution in [0.4, 0.5) is 4.79 Å². The van der Waals surface area contributed by atoms with E-state index >= 15 is 0 Å². The summed E-state index contributed by atoms with van der Waals surface area (Å²) >= 11 is 0. The van der Waals surface area contributed by atoms with Crippen molar-refractivity contribution in [3.63, 3.8) is 0 Å². The van der Waals surface area contributed by atoms with E-state index in [2.05, 4.69) is 5.32 Å². The van der Waals surface area contributed by atoms with Gasteiger partial charge in [-0.3, -0.25) is 0 Å². The summed E-state index contributed by atoms with van der Waals surface area (Å²) in [6.07, 6.45) is 0.668. The number of carboxylic acids is 1. The molecule has 0 aliphatic carbocycles. The number of hydrogen-bond acceptors (Lipinski definition) is 3. The van der Waals surface area contributed by atoms with Crippen LogP contribution in [-0.4, -0.2) is 53.4 Å². The molecule has 0 aromatic heterocycles. The molecule has 0 radical (unpaired) electrons. The van der Waals surface area contributed by atoms with E-state index in [-0.39, 0.29) is 19.1 Å². The number of likely N-dealkylation sites (N-methyl/N-ethyl adjacent to an activating group) is 1. The van der Waals surface area contributed by atoms with E-state index in [1.807, 2.05) is 6.92 Å². The van der Waals surface area contributed by atoms with Crippen molar-refractivity contribution >= 4 is 12.0 Å². The Bertz CT molecular complexity index is 245. The van der Waals surface area contributed by atoms with Gasteiger partial charge in [0.25, 0.3) is 0 Å². The first-order chi connectivity index (χ1) is 7.43. The topological polar surface area (TPSA) is 89.9 Å². The number of rotatable bonds is 6. The fraction of sp³-hybridized carbons (Fsp3) is 0.800. The first-order valence-corrected chi connectivity index (χ1v) is 5.29. The molecular formula is C10H20N2O4. The molecule has 0 saturated carbocycles. The summed E-state index contributed by atoms with van der Waals surface area (Å²) in [5.74, 6) is -1.18. The molecule has 0 saturated heterocycles. The highest BCUT2D eigenvalue weighted by Crippen LogP contribution is 2.08. The Morgan fingerprint density at radius 2 is 2.00 bits per heavy atom. The molecule has 6 heteroatoms. The van der Waals surface area contributed by atoms with Crippen LogP contribution in [-0.2, 0) is 4.79 Å². The Kier molecular flexibility index (Phi) is 6.48. The molecule has 0 bridgehead atoms. The molecule has 0 aliphatic heterocycles. The van der Waals surface area contributed by atoms with E-state index in [9.17, 15) is 9.59 Å². The number of aliphatic carboxylic acids is 1. The summed E-state index contributed by atoms with van der Waals surface area (Å²) in [6.45, 7) is 3.67. The van der Waals surface area contributed by atoms with Crippen molar-refractivity contribution in [1.82, 2.24) is 10.2 Å². The van der Waals surface area contributed by atoms with Crippen LogP contribution >= 0.6 is 0 Å². The van der Waals surface area contributed by atoms with E-state index in [0.29, 0.717) is 6.42 Å². The smallest absolute Gasteiger partial charge is 0.326 e. The second-order valence-corrected chi connectivity index (χ2v) is 3.80. The van der Waals surface area contributed by atoms with Gasteiger partial charge in [0, 0.05) is 13.6 Å². The number of carbonyl (C=O) groups is 2. The number of carbonyl (C=O) groups excluding carboxylic acids is 1. The normalized spacial score (nSPS) is 14.0. The molecule has 0 aromatic carbocycles. The Labute approximate surface area is 95.2 Å². The third-order valence-electron chi connectivity index (χ3n) is 2.54. The molecule has 0 spiro atoms. The summed E-state index contributed by atoms with van der Waals surface area (Å²) < 4.78 is 0. The molecule has 0 heterocycles. The fourth-order valence-electron chi connectivity index (χ4n) is 1.18. The van der Waals surface area contributed by atoms with E-state index in [1.54, 1.807) is 6.92 Å². The van der Waals surface area contributed by atoms with Crippen molar-refractivity contribution in [1.29, 1.82) is 0 Å². The third kappa shape index (κ3) is 4.48. The lowest BCUT2D eigenvalue weighted by Gasteiger charge is -2.23. The molecule has 0 aromatic rings. The SMILES string of the molecule is CCC(C)[C@H](NC(=O)N(C)CCO)C(=O)O. The minimum absolute atomic E-state index is 0.135. The van der Waals surface area contributed by atoms with Crippen molar-refractivity contribution in [3.05, 3.63) is 0 Å². The minimum Gasteiger partial charge on any atom is -0.480 e. The number of urea groups is 1. The van der Waals surface area contributed by atoms with Crippen molar-refractivity contribution < 1.29 is 19.8 Å². The van der Waals surface area contributed by atoms with Gasteiger partial charge in [-0.25, -0.2) is 9.59 Å². The van der Waals surface area contributed by atoms with E-state index in [1.165, 1.54) is 11.9 Å². The van der Waals surface area contributed by atoms with E-state index < -0.39 is 18.0 Å². The summed E-state index contributed by atoms with van der Waals surface area (Å²) in [5.41, 5.74) is 0. The fourth-order valence-corrected chi connectivity index (χ4v) is 1.18. The van der Waals surface area contributed by atoms with Crippen LogP contribution in [0.15, 0.2) is 0 Å². The Morgan fingerprint density at radius 1 is 1.44 bits per heavy atom. The predicted molar refractivity (Wildman–Crippen MR) is 59.1 cm³/mol. The Morgan fingerprint density at radius 3 is 2.38 bits per heavy atom. The zero-order valence-electron chi connectivity index (χ0n) is 9.93. The maximum Gasteiger partial charge on any atom is 0.326 e. The molecule has 1 unspecified atom stereocenters. The maximum absolute atomic E-state index is 11.5. The number of nitrogens with zero attached hydrogens (tertiary/aromatic N) is 1. The quantitative estimate of drug-likeness (QED) is 0.606.